The van der Waals surface area contributed by atoms with Crippen LogP contribution in [-0.4, -0.2) is 70.6 Å². The Morgan fingerprint density at radius 1 is 1.35 bits per heavy atom. The van der Waals surface area contributed by atoms with Gasteiger partial charge in [-0.3, -0.25) is 9.59 Å². The quantitative estimate of drug-likeness (QED) is 0.645. The molecule has 0 unspecified atom stereocenters. The van der Waals surface area contributed by atoms with Crippen LogP contribution in [0.15, 0.2) is 12.3 Å². The van der Waals surface area contributed by atoms with Crippen molar-refractivity contribution in [2.45, 2.75) is 77.9 Å². The minimum absolute atomic E-state index is 0.0569. The topological polar surface area (TPSA) is 83.0 Å². The van der Waals surface area contributed by atoms with E-state index in [9.17, 15) is 14.7 Å². The van der Waals surface area contributed by atoms with Crippen LogP contribution in [0.25, 0.3) is 0 Å². The molecule has 1 fully saturated rings. The van der Waals surface area contributed by atoms with E-state index < -0.39 is 0 Å². The molecule has 2 heterocycles. The molecule has 1 aliphatic carbocycles. The number of rotatable bonds is 6. The minimum atomic E-state index is -0.349. The number of ether oxygens (including phenoxy) is 1. The third-order valence-corrected chi connectivity index (χ3v) is 6.91. The number of aliphatic hydroxyl groups is 1. The molecule has 0 saturated heterocycles. The van der Waals surface area contributed by atoms with E-state index in [1.807, 2.05) is 20.9 Å². The highest BCUT2D eigenvalue weighted by Crippen LogP contribution is 2.29. The lowest BCUT2D eigenvalue weighted by atomic mass is 9.88. The molecule has 0 radical (unpaired) electrons. The molecule has 186 valence electrons. The average Bonchev–Trinajstić information content (AvgIpc) is 2.86. The van der Waals surface area contributed by atoms with Crippen LogP contribution in [0.5, 0.6) is 5.88 Å². The number of pyridine rings is 1. The highest BCUT2D eigenvalue weighted by Gasteiger charge is 2.35. The molecule has 1 aliphatic heterocycles. The first-order chi connectivity index (χ1) is 16.3. The molecule has 34 heavy (non-hydrogen) atoms. The maximum Gasteiger partial charge on any atom is 0.259 e. The highest BCUT2D eigenvalue weighted by atomic mass is 16.5. The third kappa shape index (κ3) is 6.29. The number of aromatic nitrogens is 1. The first-order valence-electron chi connectivity index (χ1n) is 12.7. The standard InChI is InChI=1S/C27H39N3O4/c1-5-6-8-11-21-14-23-25(28-15-21)34-24(19(2)16-30(27(23)33)20(3)18-31)17-29(4)26(32)22-12-9-7-10-13-22/h14-15,19-20,22,24,31H,5-7,9-10,12-13,16-18H2,1-4H3/t19-,20-,24-/m1/s1. The molecule has 3 rings (SSSR count). The monoisotopic (exact) mass is 469 g/mol. The summed E-state index contributed by atoms with van der Waals surface area (Å²) in [7, 11) is 1.84. The fourth-order valence-electron chi connectivity index (χ4n) is 4.70. The Morgan fingerprint density at radius 2 is 2.09 bits per heavy atom. The maximum atomic E-state index is 13.4. The number of hydrogen-bond donors (Lipinski definition) is 1. The summed E-state index contributed by atoms with van der Waals surface area (Å²) in [5, 5.41) is 9.81. The van der Waals surface area contributed by atoms with E-state index in [1.165, 1.54) is 6.42 Å². The number of aliphatic hydroxyl groups excluding tert-OH is 1. The first-order valence-corrected chi connectivity index (χ1v) is 12.7. The van der Waals surface area contributed by atoms with Gasteiger partial charge < -0.3 is 19.6 Å². The molecule has 7 nitrogen and oxygen atoms in total. The van der Waals surface area contributed by atoms with E-state index in [-0.39, 0.29) is 48.3 Å². The van der Waals surface area contributed by atoms with Crippen LogP contribution in [0, 0.1) is 23.7 Å². The number of hydrogen-bond acceptors (Lipinski definition) is 5. The van der Waals surface area contributed by atoms with Gasteiger partial charge in [0.05, 0.1) is 19.2 Å². The van der Waals surface area contributed by atoms with E-state index in [0.29, 0.717) is 24.2 Å². The lowest BCUT2D eigenvalue weighted by molar-refractivity contribution is -0.136. The van der Waals surface area contributed by atoms with Gasteiger partial charge in [0.15, 0.2) is 0 Å². The van der Waals surface area contributed by atoms with Gasteiger partial charge in [-0.05, 0) is 32.3 Å². The van der Waals surface area contributed by atoms with Crippen molar-refractivity contribution in [1.29, 1.82) is 0 Å². The van der Waals surface area contributed by atoms with Crippen molar-refractivity contribution in [2.75, 3.05) is 26.7 Å². The Morgan fingerprint density at radius 3 is 2.76 bits per heavy atom. The van der Waals surface area contributed by atoms with E-state index in [2.05, 4.69) is 23.7 Å². The van der Waals surface area contributed by atoms with Gasteiger partial charge >= 0.3 is 0 Å². The van der Waals surface area contributed by atoms with Crippen LogP contribution in [0.4, 0.5) is 0 Å². The Bertz CT molecular complexity index is 916. The number of carbonyl (C=O) groups excluding carboxylic acids is 2. The molecule has 7 heteroatoms. The van der Waals surface area contributed by atoms with Crippen LogP contribution in [0.1, 0.15) is 81.6 Å². The fraction of sp³-hybridized carbons (Fsp3) is 0.667. The number of nitrogens with zero attached hydrogens (tertiary/aromatic N) is 3. The number of fused-ring (bicyclic) bond motifs is 1. The largest absolute Gasteiger partial charge is 0.472 e. The molecular formula is C27H39N3O4. The lowest BCUT2D eigenvalue weighted by Gasteiger charge is -2.38. The van der Waals surface area contributed by atoms with Gasteiger partial charge in [0, 0.05) is 43.6 Å². The van der Waals surface area contributed by atoms with Gasteiger partial charge in [-0.15, -0.1) is 0 Å². The Hall–Kier alpha value is -2.59. The van der Waals surface area contributed by atoms with Gasteiger partial charge in [0.1, 0.15) is 11.7 Å². The van der Waals surface area contributed by atoms with Gasteiger partial charge in [-0.25, -0.2) is 4.98 Å². The first kappa shape index (κ1) is 26.0. The molecule has 1 N–H and O–H groups in total. The van der Waals surface area contributed by atoms with E-state index in [0.717, 1.165) is 38.5 Å². The predicted molar refractivity (Wildman–Crippen MR) is 131 cm³/mol. The number of unbranched alkanes of at least 4 members (excludes halogenated alkanes) is 1. The van der Waals surface area contributed by atoms with Crippen LogP contribution in [-0.2, 0) is 4.79 Å². The van der Waals surface area contributed by atoms with Gasteiger partial charge in [-0.1, -0.05) is 45.0 Å². The Kier molecular flexibility index (Phi) is 9.35. The van der Waals surface area contributed by atoms with E-state index in [4.69, 9.17) is 4.74 Å². The molecule has 1 aromatic rings. The van der Waals surface area contributed by atoms with Crippen LogP contribution < -0.4 is 4.74 Å². The summed E-state index contributed by atoms with van der Waals surface area (Å²) in [6.07, 6.45) is 8.36. The van der Waals surface area contributed by atoms with Crippen molar-refractivity contribution in [3.8, 4) is 17.7 Å². The summed E-state index contributed by atoms with van der Waals surface area (Å²) in [6.45, 7) is 6.62. The molecule has 0 spiro atoms. The van der Waals surface area contributed by atoms with Gasteiger partial charge in [0.2, 0.25) is 11.8 Å². The maximum absolute atomic E-state index is 13.4. The Balaban J connectivity index is 1.88. The van der Waals surface area contributed by atoms with Crippen LogP contribution in [0.2, 0.25) is 0 Å². The molecule has 1 saturated carbocycles. The number of amides is 2. The normalized spacial score (nSPS) is 21.9. The molecule has 1 aromatic heterocycles. The van der Waals surface area contributed by atoms with Crippen LogP contribution in [0.3, 0.4) is 0 Å². The SMILES string of the molecule is CCCC#Cc1cnc2c(c1)C(=O)N([C@H](C)CO)C[C@@H](C)[C@@H](CN(C)C(=O)C1CCCCC1)O2. The second-order valence-corrected chi connectivity index (χ2v) is 9.80. The highest BCUT2D eigenvalue weighted by molar-refractivity contribution is 5.97. The molecule has 3 atom stereocenters. The summed E-state index contributed by atoms with van der Waals surface area (Å²) in [4.78, 5) is 34.4. The van der Waals surface area contributed by atoms with E-state index >= 15 is 0 Å². The van der Waals surface area contributed by atoms with Crippen molar-refractivity contribution in [3.63, 3.8) is 0 Å². The van der Waals surface area contributed by atoms with Crippen LogP contribution >= 0.6 is 0 Å². The van der Waals surface area contributed by atoms with Gasteiger partial charge in [0.25, 0.3) is 5.91 Å². The van der Waals surface area contributed by atoms with Crippen molar-refractivity contribution in [3.05, 3.63) is 23.4 Å². The summed E-state index contributed by atoms with van der Waals surface area (Å²) in [6, 6.07) is 1.38. The molecule has 0 aromatic carbocycles. The smallest absolute Gasteiger partial charge is 0.259 e. The molecular weight excluding hydrogens is 430 g/mol. The summed E-state index contributed by atoms with van der Waals surface area (Å²) >= 11 is 0. The molecule has 2 amide bonds. The fourth-order valence-corrected chi connectivity index (χ4v) is 4.70. The van der Waals surface area contributed by atoms with Crippen molar-refractivity contribution in [2.24, 2.45) is 11.8 Å². The average molecular weight is 470 g/mol. The van der Waals surface area contributed by atoms with Crippen molar-refractivity contribution >= 4 is 11.8 Å². The predicted octanol–water partition coefficient (Wildman–Crippen LogP) is 3.49. The molecule has 0 bridgehead atoms. The number of carbonyl (C=O) groups is 2. The summed E-state index contributed by atoms with van der Waals surface area (Å²) in [5.74, 6) is 6.40. The number of likely N-dealkylation sites (N-methyl/N-ethyl adjacent to an activating group) is 1. The third-order valence-electron chi connectivity index (χ3n) is 6.91. The minimum Gasteiger partial charge on any atom is -0.472 e. The summed E-state index contributed by atoms with van der Waals surface area (Å²) in [5.41, 5.74) is 1.01. The zero-order valence-corrected chi connectivity index (χ0v) is 21.0. The summed E-state index contributed by atoms with van der Waals surface area (Å²) < 4.78 is 6.31. The van der Waals surface area contributed by atoms with Crippen molar-refractivity contribution in [1.82, 2.24) is 14.8 Å². The second-order valence-electron chi connectivity index (χ2n) is 9.80. The van der Waals surface area contributed by atoms with Crippen molar-refractivity contribution < 1.29 is 19.4 Å². The zero-order valence-electron chi connectivity index (χ0n) is 21.0. The second kappa shape index (κ2) is 12.2. The lowest BCUT2D eigenvalue weighted by Crippen LogP contribution is -2.51. The van der Waals surface area contributed by atoms with E-state index in [1.54, 1.807) is 22.1 Å². The Labute approximate surface area is 203 Å². The van der Waals surface area contributed by atoms with Gasteiger partial charge in [-0.2, -0.15) is 0 Å². The zero-order chi connectivity index (χ0) is 24.7. The molecule has 2 aliphatic rings.